The molecule has 0 fully saturated rings. The van der Waals surface area contributed by atoms with Crippen molar-refractivity contribution in [2.24, 2.45) is 5.10 Å². The number of hydrazone groups is 1. The fraction of sp³-hybridized carbons (Fsp3) is 0.222. The van der Waals surface area contributed by atoms with E-state index in [1.165, 1.54) is 5.56 Å². The molecule has 0 saturated heterocycles. The first-order chi connectivity index (χ1) is 10.6. The molecule has 0 saturated carbocycles. The van der Waals surface area contributed by atoms with Crippen molar-refractivity contribution in [3.63, 3.8) is 0 Å². The molecule has 0 unspecified atom stereocenters. The molecule has 0 aliphatic carbocycles. The molecule has 4 heteroatoms. The predicted molar refractivity (Wildman–Crippen MR) is 98.6 cm³/mol. The van der Waals surface area contributed by atoms with Crippen molar-refractivity contribution in [2.45, 2.75) is 19.8 Å². The number of hydrogen-bond acceptors (Lipinski definition) is 2. The van der Waals surface area contributed by atoms with Crippen LogP contribution in [0.15, 0.2) is 59.7 Å². The van der Waals surface area contributed by atoms with Gasteiger partial charge in [-0.25, -0.2) is 5.01 Å². The zero-order valence-corrected chi connectivity index (χ0v) is 14.0. The maximum Gasteiger partial charge on any atom is 0.193 e. The van der Waals surface area contributed by atoms with Gasteiger partial charge in [-0.15, -0.1) is 0 Å². The van der Waals surface area contributed by atoms with Gasteiger partial charge in [0.25, 0.3) is 0 Å². The Morgan fingerprint density at radius 1 is 1.09 bits per heavy atom. The van der Waals surface area contributed by atoms with E-state index in [1.54, 1.807) is 5.01 Å². The van der Waals surface area contributed by atoms with Crippen molar-refractivity contribution in [2.75, 3.05) is 12.4 Å². The van der Waals surface area contributed by atoms with E-state index in [1.807, 2.05) is 43.6 Å². The molecular weight excluding hydrogens is 290 g/mol. The third-order valence-electron chi connectivity index (χ3n) is 3.30. The van der Waals surface area contributed by atoms with Gasteiger partial charge in [0.1, 0.15) is 0 Å². The van der Waals surface area contributed by atoms with E-state index in [-0.39, 0.29) is 0 Å². The fourth-order valence-electron chi connectivity index (χ4n) is 1.90. The minimum Gasteiger partial charge on any atom is -0.331 e. The molecule has 0 bridgehead atoms. The monoisotopic (exact) mass is 311 g/mol. The van der Waals surface area contributed by atoms with Crippen LogP contribution in [0, 0.1) is 0 Å². The summed E-state index contributed by atoms with van der Waals surface area (Å²) >= 11 is 5.33. The van der Waals surface area contributed by atoms with Crippen LogP contribution in [-0.2, 0) is 0 Å². The quantitative estimate of drug-likeness (QED) is 0.513. The SMILES string of the molecule is CC(C)c1ccc(/C=N\N(C)C(=S)Nc2ccccc2)cc1. The molecule has 2 aromatic rings. The van der Waals surface area contributed by atoms with Crippen LogP contribution in [-0.4, -0.2) is 23.4 Å². The van der Waals surface area contributed by atoms with Crippen LogP contribution < -0.4 is 5.32 Å². The van der Waals surface area contributed by atoms with Gasteiger partial charge >= 0.3 is 0 Å². The van der Waals surface area contributed by atoms with Crippen LogP contribution in [0.1, 0.15) is 30.9 Å². The molecule has 22 heavy (non-hydrogen) atoms. The molecule has 0 amide bonds. The van der Waals surface area contributed by atoms with E-state index in [0.29, 0.717) is 11.0 Å². The van der Waals surface area contributed by atoms with Crippen molar-refractivity contribution < 1.29 is 0 Å². The molecule has 0 heterocycles. The lowest BCUT2D eigenvalue weighted by atomic mass is 10.0. The molecule has 2 aromatic carbocycles. The lowest BCUT2D eigenvalue weighted by Gasteiger charge is -2.15. The molecule has 0 radical (unpaired) electrons. The second-order valence-electron chi connectivity index (χ2n) is 5.39. The Kier molecular flexibility index (Phi) is 5.67. The Labute approximate surface area is 137 Å². The zero-order valence-electron chi connectivity index (χ0n) is 13.2. The average molecular weight is 311 g/mol. The van der Waals surface area contributed by atoms with E-state index < -0.39 is 0 Å². The molecule has 1 N–H and O–H groups in total. The van der Waals surface area contributed by atoms with Gasteiger partial charge in [-0.05, 0) is 41.4 Å². The van der Waals surface area contributed by atoms with Crippen LogP contribution in [0.5, 0.6) is 0 Å². The highest BCUT2D eigenvalue weighted by molar-refractivity contribution is 7.80. The number of anilines is 1. The number of nitrogens with zero attached hydrogens (tertiary/aromatic N) is 2. The van der Waals surface area contributed by atoms with Crippen molar-refractivity contribution in [3.8, 4) is 0 Å². The lowest BCUT2D eigenvalue weighted by molar-refractivity contribution is 0.557. The third kappa shape index (κ3) is 4.67. The summed E-state index contributed by atoms with van der Waals surface area (Å²) in [7, 11) is 1.83. The van der Waals surface area contributed by atoms with Gasteiger partial charge in [-0.2, -0.15) is 5.10 Å². The summed E-state index contributed by atoms with van der Waals surface area (Å²) in [6, 6.07) is 18.2. The molecule has 0 atom stereocenters. The standard InChI is InChI=1S/C18H21N3S/c1-14(2)16-11-9-15(10-12-16)13-19-21(3)18(22)20-17-7-5-4-6-8-17/h4-14H,1-3H3,(H,20,22)/b19-13-. The number of para-hydroxylation sites is 1. The van der Waals surface area contributed by atoms with E-state index in [9.17, 15) is 0 Å². The number of hydrogen-bond donors (Lipinski definition) is 1. The number of rotatable bonds is 4. The molecule has 0 aromatic heterocycles. The van der Waals surface area contributed by atoms with Crippen LogP contribution in [0.25, 0.3) is 0 Å². The molecule has 0 spiro atoms. The van der Waals surface area contributed by atoms with Crippen molar-refractivity contribution in [1.82, 2.24) is 5.01 Å². The first-order valence-electron chi connectivity index (χ1n) is 7.30. The minimum atomic E-state index is 0.538. The van der Waals surface area contributed by atoms with E-state index in [4.69, 9.17) is 12.2 Å². The maximum atomic E-state index is 5.33. The average Bonchev–Trinajstić information content (AvgIpc) is 2.53. The second kappa shape index (κ2) is 7.71. The van der Waals surface area contributed by atoms with Gasteiger partial charge in [-0.1, -0.05) is 56.3 Å². The minimum absolute atomic E-state index is 0.538. The number of nitrogens with one attached hydrogen (secondary N) is 1. The Morgan fingerprint density at radius 2 is 1.73 bits per heavy atom. The highest BCUT2D eigenvalue weighted by atomic mass is 32.1. The Balaban J connectivity index is 1.95. The highest BCUT2D eigenvalue weighted by Gasteiger charge is 2.02. The summed E-state index contributed by atoms with van der Waals surface area (Å²) in [6.07, 6.45) is 1.81. The molecule has 114 valence electrons. The second-order valence-corrected chi connectivity index (χ2v) is 5.77. The molecule has 2 rings (SSSR count). The van der Waals surface area contributed by atoms with E-state index >= 15 is 0 Å². The van der Waals surface area contributed by atoms with Crippen LogP contribution in [0.3, 0.4) is 0 Å². The zero-order chi connectivity index (χ0) is 15.9. The smallest absolute Gasteiger partial charge is 0.193 e. The van der Waals surface area contributed by atoms with Crippen molar-refractivity contribution in [1.29, 1.82) is 0 Å². The van der Waals surface area contributed by atoms with Crippen LogP contribution >= 0.6 is 12.2 Å². The molecular formula is C18H21N3S. The number of benzene rings is 2. The third-order valence-corrected chi connectivity index (χ3v) is 3.67. The summed E-state index contributed by atoms with van der Waals surface area (Å²) in [6.45, 7) is 4.37. The van der Waals surface area contributed by atoms with Crippen LogP contribution in [0.2, 0.25) is 0 Å². The topological polar surface area (TPSA) is 27.6 Å². The summed E-state index contributed by atoms with van der Waals surface area (Å²) < 4.78 is 0. The lowest BCUT2D eigenvalue weighted by Crippen LogP contribution is -2.26. The number of thiocarbonyl (C=S) groups is 1. The molecule has 3 nitrogen and oxygen atoms in total. The summed E-state index contributed by atoms with van der Waals surface area (Å²) in [5, 5.41) is 9.72. The van der Waals surface area contributed by atoms with Gasteiger partial charge in [-0.3, -0.25) is 0 Å². The fourth-order valence-corrected chi connectivity index (χ4v) is 2.06. The maximum absolute atomic E-state index is 5.33. The van der Waals surface area contributed by atoms with E-state index in [2.05, 4.69) is 48.5 Å². The molecule has 0 aliphatic rings. The Hall–Kier alpha value is -2.20. The highest BCUT2D eigenvalue weighted by Crippen LogP contribution is 2.14. The Bertz CT molecular complexity index is 633. The van der Waals surface area contributed by atoms with E-state index in [0.717, 1.165) is 11.3 Å². The largest absolute Gasteiger partial charge is 0.331 e. The van der Waals surface area contributed by atoms with Crippen molar-refractivity contribution >= 4 is 29.2 Å². The molecule has 0 aliphatic heterocycles. The summed E-state index contributed by atoms with van der Waals surface area (Å²) in [5.74, 6) is 0.538. The van der Waals surface area contributed by atoms with Crippen molar-refractivity contribution in [3.05, 3.63) is 65.7 Å². The summed E-state index contributed by atoms with van der Waals surface area (Å²) in [4.78, 5) is 0. The normalized spacial score (nSPS) is 10.9. The predicted octanol–water partition coefficient (Wildman–Crippen LogP) is 4.47. The van der Waals surface area contributed by atoms with Gasteiger partial charge < -0.3 is 5.32 Å². The Morgan fingerprint density at radius 3 is 2.32 bits per heavy atom. The van der Waals surface area contributed by atoms with Gasteiger partial charge in [0, 0.05) is 12.7 Å². The van der Waals surface area contributed by atoms with Gasteiger partial charge in [0.15, 0.2) is 5.11 Å². The first-order valence-corrected chi connectivity index (χ1v) is 7.71. The van der Waals surface area contributed by atoms with Gasteiger partial charge in [0.2, 0.25) is 0 Å². The summed E-state index contributed by atoms with van der Waals surface area (Å²) in [5.41, 5.74) is 3.33. The van der Waals surface area contributed by atoms with Crippen LogP contribution in [0.4, 0.5) is 5.69 Å². The first kappa shape index (κ1) is 16.2. The van der Waals surface area contributed by atoms with Gasteiger partial charge in [0.05, 0.1) is 6.21 Å².